The first-order chi connectivity index (χ1) is 49.4. The molecule has 0 spiro atoms. The topological polar surface area (TPSA) is 565 Å². The summed E-state index contributed by atoms with van der Waals surface area (Å²) in [6.07, 6.45) is 0.477. The minimum Gasteiger partial charge on any atom is -0.481 e. The number of aliphatic carboxylic acids is 2. The van der Waals surface area contributed by atoms with Crippen LogP contribution in [0, 0.1) is 11.8 Å². The molecule has 39 heteroatoms. The highest BCUT2D eigenvalue weighted by molar-refractivity contribution is 8.76. The molecular weight excluding hydrogens is 1400 g/mol. The van der Waals surface area contributed by atoms with Crippen molar-refractivity contribution in [3.8, 4) is 0 Å². The lowest BCUT2D eigenvalue weighted by molar-refractivity contribution is -0.141. The highest BCUT2D eigenvalue weighted by atomic mass is 33.1. The number of nitrogens with one attached hydrogen (secondary N) is 14. The number of carbonyl (C=O) groups is 14. The van der Waals surface area contributed by atoms with Crippen molar-refractivity contribution < 1.29 is 87.5 Å². The van der Waals surface area contributed by atoms with Crippen LogP contribution in [0.3, 0.4) is 0 Å². The number of para-hydroxylation sites is 1. The first-order valence-corrected chi connectivity index (χ1v) is 36.7. The Morgan fingerprint density at radius 2 is 1.37 bits per heavy atom. The molecule has 4 bridgehead atoms. The highest BCUT2D eigenvalue weighted by Gasteiger charge is 2.38. The number of fused-ring (bicyclic) bond motifs is 7. The van der Waals surface area contributed by atoms with E-state index >= 15 is 9.59 Å². The summed E-state index contributed by atoms with van der Waals surface area (Å²) in [5.74, 6) is -16.6. The van der Waals surface area contributed by atoms with Crippen LogP contribution in [0.1, 0.15) is 123 Å². The number of carboxylic acid groups (broad SMARTS) is 2. The summed E-state index contributed by atoms with van der Waals surface area (Å²) in [5, 5.41) is 82.0. The number of H-pyrrole nitrogens is 2. The van der Waals surface area contributed by atoms with Gasteiger partial charge in [-0.05, 0) is 82.8 Å². The van der Waals surface area contributed by atoms with Crippen molar-refractivity contribution in [2.75, 3.05) is 18.1 Å². The third kappa shape index (κ3) is 26.5. The van der Waals surface area contributed by atoms with E-state index in [0.717, 1.165) is 21.6 Å². The predicted molar refractivity (Wildman–Crippen MR) is 376 cm³/mol. The van der Waals surface area contributed by atoms with Crippen LogP contribution in [-0.2, 0) is 92.9 Å². The van der Waals surface area contributed by atoms with Gasteiger partial charge < -0.3 is 94.6 Å². The average Bonchev–Trinajstić information content (AvgIpc) is 1.41. The van der Waals surface area contributed by atoms with Crippen molar-refractivity contribution in [2.45, 2.75) is 210 Å². The molecule has 570 valence electrons. The number of carboxylic acids is 2. The van der Waals surface area contributed by atoms with Gasteiger partial charge in [-0.15, -0.1) is 5.10 Å². The Morgan fingerprint density at radius 3 is 2.03 bits per heavy atom. The van der Waals surface area contributed by atoms with Gasteiger partial charge in [0.1, 0.15) is 66.6 Å². The summed E-state index contributed by atoms with van der Waals surface area (Å²) >= 11 is 0. The highest BCUT2D eigenvalue weighted by Crippen LogP contribution is 2.25. The molecule has 0 radical (unpaired) electrons. The van der Waals surface area contributed by atoms with Crippen molar-refractivity contribution in [1.82, 2.24) is 93.7 Å². The Balaban J connectivity index is 1.50. The molecule has 2 aliphatic heterocycles. The minimum atomic E-state index is -1.71. The van der Waals surface area contributed by atoms with Crippen LogP contribution in [-0.4, -0.2) is 230 Å². The van der Waals surface area contributed by atoms with Crippen molar-refractivity contribution in [2.24, 2.45) is 17.6 Å². The van der Waals surface area contributed by atoms with Gasteiger partial charge >= 0.3 is 11.9 Å². The molecule has 2 aliphatic rings. The molecule has 6 rings (SSSR count). The number of amides is 12. The number of rotatable bonds is 19. The van der Waals surface area contributed by atoms with Gasteiger partial charge in [0.05, 0.1) is 37.1 Å². The van der Waals surface area contributed by atoms with Crippen LogP contribution < -0.4 is 69.5 Å². The number of aliphatic hydroxyl groups is 2. The van der Waals surface area contributed by atoms with E-state index in [2.05, 4.69) is 89.1 Å². The van der Waals surface area contributed by atoms with Crippen LogP contribution in [0.5, 0.6) is 0 Å². The zero-order valence-electron chi connectivity index (χ0n) is 58.5. The van der Waals surface area contributed by atoms with E-state index < -0.39 is 199 Å². The van der Waals surface area contributed by atoms with E-state index in [1.54, 1.807) is 57.4 Å². The number of carbonyl (C=O) groups excluding carboxylic acids is 12. The van der Waals surface area contributed by atoms with Gasteiger partial charge in [-0.1, -0.05) is 79.1 Å². The van der Waals surface area contributed by atoms with Crippen molar-refractivity contribution in [3.05, 3.63) is 66.1 Å². The molecule has 1 unspecified atom stereocenters. The lowest BCUT2D eigenvalue weighted by Gasteiger charge is -2.29. The SMILES string of the molecule is CCC[C@@H]1NC(=O)[C@H](CCC(=O)O)NC(=O)CNC(O)[C@H](CC(C)C)NC(=O)[C@H](Cc2cnc[nH]2)NC(=O)[C@@H]2CCc3cn(nn3)CCCC[C@H](NC1=O)C(=O)N[C@@H](Cc1c[nH]c3ccccc13)C(=O)N[C@H](C(=O)N[C@H](C(N)=O)[C@@H](C)O)CSSC[C@H](NC(=O)[C@@H](C)CC(=O)O)C(=O)N[C@@H](C)C(=O)N2. The van der Waals surface area contributed by atoms with Crippen molar-refractivity contribution in [1.29, 1.82) is 0 Å². The van der Waals surface area contributed by atoms with Gasteiger partial charge in [0.15, 0.2) is 0 Å². The summed E-state index contributed by atoms with van der Waals surface area (Å²) in [7, 11) is 1.69. The smallest absolute Gasteiger partial charge is 0.304 e. The third-order valence-electron chi connectivity index (χ3n) is 17.0. The second kappa shape index (κ2) is 40.9. The van der Waals surface area contributed by atoms with Crippen LogP contribution in [0.25, 0.3) is 10.9 Å². The molecule has 104 heavy (non-hydrogen) atoms. The second-order valence-electron chi connectivity index (χ2n) is 26.1. The first-order valence-electron chi connectivity index (χ1n) is 34.2. The van der Waals surface area contributed by atoms with Crippen LogP contribution in [0.15, 0.2) is 49.2 Å². The monoisotopic (exact) mass is 1490 g/mol. The van der Waals surface area contributed by atoms with E-state index in [4.69, 9.17) is 5.73 Å². The minimum absolute atomic E-state index is 0.0535. The summed E-state index contributed by atoms with van der Waals surface area (Å²) < 4.78 is 1.46. The van der Waals surface area contributed by atoms with E-state index in [-0.39, 0.29) is 82.4 Å². The van der Waals surface area contributed by atoms with Gasteiger partial charge in [0.25, 0.3) is 0 Å². The Labute approximate surface area is 606 Å². The normalized spacial score (nSPS) is 25.0. The molecule has 20 N–H and O–H groups in total. The van der Waals surface area contributed by atoms with Crippen LogP contribution in [0.4, 0.5) is 0 Å². The number of primary amides is 1. The predicted octanol–water partition coefficient (Wildman–Crippen LogP) is -3.57. The molecule has 0 saturated heterocycles. The standard InChI is InChI=1S/C65H95N19O18S2/c1-7-12-41-58(95)75-42-15-10-11-20-84-28-37(82-83-84)16-17-44(61(98)78-47(24-38-26-67-31-70-38)63(100)76-45(21-32(2)3)57(94)69-27-50(86)72-43(60(97)74-41)18-19-51(87)88)73-56(93)34(5)71-64(101)48(79-55(92)33(4)22-52(89)90)29-103-104-30-49(65(102)81-53(35(6)85)54(66)91)80-62(99)46(77-59(42)96)23-36-25-68-40-14-9-8-13-39(36)40/h8-9,13-14,25-26,28,31-35,41-49,53,57,68-69,85,94H,7,10-12,15-24,27,29-30H2,1-6H3,(H2,66,91)(H,67,70)(H,71,101)(H,72,86)(H,73,93)(H,74,97)(H,75,95)(H,76,100)(H,77,96)(H,78,98)(H,79,92)(H,80,99)(H,81,102)(H,87,88)(H,89,90)/t33-,34-,35+,41-,42-,43-,44-,45-,46-,47-,48-,49-,53-,57?/m0/s1. The first kappa shape index (κ1) is 83.2. The summed E-state index contributed by atoms with van der Waals surface area (Å²) in [5.41, 5.74) is 7.37. The molecule has 37 nitrogen and oxygen atoms in total. The van der Waals surface area contributed by atoms with E-state index in [0.29, 0.717) is 27.9 Å². The number of nitrogens with zero attached hydrogens (tertiary/aromatic N) is 4. The molecular formula is C65H95N19O18S2. The average molecular weight is 1490 g/mol. The molecule has 12 amide bonds. The zero-order valence-corrected chi connectivity index (χ0v) is 60.1. The maximum absolute atomic E-state index is 15.2. The second-order valence-corrected chi connectivity index (χ2v) is 28.7. The number of aryl methyl sites for hydroxylation is 2. The quantitative estimate of drug-likeness (QED) is 0.0404. The van der Waals surface area contributed by atoms with Gasteiger partial charge in [0, 0.05) is 78.4 Å². The van der Waals surface area contributed by atoms with E-state index in [1.807, 2.05) is 0 Å². The molecule has 1 aromatic carbocycles. The summed E-state index contributed by atoms with van der Waals surface area (Å²) in [6, 6.07) is -9.89. The Kier molecular flexibility index (Phi) is 32.8. The number of nitrogens with two attached hydrogens (primary N) is 1. The van der Waals surface area contributed by atoms with Gasteiger partial charge in [-0.2, -0.15) is 0 Å². The van der Waals surface area contributed by atoms with Gasteiger partial charge in [0.2, 0.25) is 70.9 Å². The maximum atomic E-state index is 15.2. The number of benzene rings is 1. The van der Waals surface area contributed by atoms with E-state index in [9.17, 15) is 78.0 Å². The number of hydrogen-bond acceptors (Lipinski definition) is 22. The molecule has 4 aromatic rings. The van der Waals surface area contributed by atoms with E-state index in [1.165, 1.54) is 38.0 Å². The Morgan fingerprint density at radius 1 is 0.721 bits per heavy atom. The summed E-state index contributed by atoms with van der Waals surface area (Å²) in [4.78, 5) is 206. The van der Waals surface area contributed by atoms with Gasteiger partial charge in [-0.3, -0.25) is 77.1 Å². The molecule has 0 aliphatic carbocycles. The zero-order chi connectivity index (χ0) is 76.3. The number of aromatic nitrogens is 6. The van der Waals surface area contributed by atoms with Crippen LogP contribution in [0.2, 0.25) is 0 Å². The maximum Gasteiger partial charge on any atom is 0.304 e. The van der Waals surface area contributed by atoms with Gasteiger partial charge in [-0.25, -0.2) is 4.98 Å². The summed E-state index contributed by atoms with van der Waals surface area (Å²) in [6.45, 7) is 8.39. The molecule has 14 atom stereocenters. The fraction of sp³-hybridized carbons (Fsp3) is 0.585. The lowest BCUT2D eigenvalue weighted by Crippen LogP contribution is -2.61. The molecule has 0 saturated carbocycles. The van der Waals surface area contributed by atoms with Crippen LogP contribution >= 0.6 is 21.6 Å². The van der Waals surface area contributed by atoms with Crippen molar-refractivity contribution >= 4 is 115 Å². The number of imidazole rings is 1. The fourth-order valence-electron chi connectivity index (χ4n) is 11.3. The Bertz CT molecular complexity index is 3650. The number of hydrogen-bond donors (Lipinski definition) is 19. The fourth-order valence-corrected chi connectivity index (χ4v) is 13.6. The molecule has 5 heterocycles. The van der Waals surface area contributed by atoms with Crippen molar-refractivity contribution in [3.63, 3.8) is 0 Å². The number of aliphatic hydroxyl groups excluding tert-OH is 2. The Hall–Kier alpha value is -9.73. The largest absolute Gasteiger partial charge is 0.481 e. The third-order valence-corrected chi connectivity index (χ3v) is 19.4. The molecule has 0 fully saturated rings. The lowest BCUT2D eigenvalue weighted by atomic mass is 10.0. The number of aromatic amines is 2. The molecule has 3 aromatic heterocycles.